The minimum atomic E-state index is -5.09. The summed E-state index contributed by atoms with van der Waals surface area (Å²) in [6, 6.07) is 13.5. The van der Waals surface area contributed by atoms with Gasteiger partial charge in [0.15, 0.2) is 0 Å². The number of aromatic nitrogens is 5. The number of nitrogens with one attached hydrogen (secondary N) is 3. The van der Waals surface area contributed by atoms with Crippen molar-refractivity contribution < 1.29 is 50.3 Å². The van der Waals surface area contributed by atoms with E-state index in [-0.39, 0.29) is 70.7 Å². The number of pyridine rings is 1. The fourth-order valence-electron chi connectivity index (χ4n) is 10.8. The van der Waals surface area contributed by atoms with Crippen molar-refractivity contribution in [2.75, 3.05) is 22.3 Å². The van der Waals surface area contributed by atoms with Crippen LogP contribution in [0.3, 0.4) is 0 Å². The van der Waals surface area contributed by atoms with E-state index < -0.39 is 57.4 Å². The Balaban J connectivity index is 0.777. The molecular weight excluding hydrogens is 972 g/mol. The summed E-state index contributed by atoms with van der Waals surface area (Å²) in [5, 5.41) is 15.7. The van der Waals surface area contributed by atoms with Crippen molar-refractivity contribution in [3.63, 3.8) is 0 Å². The molecule has 23 heteroatoms. The fraction of sp³-hybridized carbons (Fsp3) is 0.360. The number of halogens is 3. The Morgan fingerprint density at radius 1 is 0.959 bits per heavy atom. The van der Waals surface area contributed by atoms with Crippen LogP contribution in [-0.2, 0) is 31.5 Å². The Morgan fingerprint density at radius 3 is 2.45 bits per heavy atom. The van der Waals surface area contributed by atoms with Gasteiger partial charge < -0.3 is 20.7 Å². The van der Waals surface area contributed by atoms with Gasteiger partial charge in [0.25, 0.3) is 21.8 Å². The van der Waals surface area contributed by atoms with Crippen LogP contribution in [-0.4, -0.2) is 102 Å². The van der Waals surface area contributed by atoms with E-state index >= 15 is 0 Å². The Bertz CT molecular complexity index is 3410. The van der Waals surface area contributed by atoms with E-state index in [4.69, 9.17) is 20.7 Å². The zero-order valence-electron chi connectivity index (χ0n) is 39.3. The number of nitrogens with two attached hydrogens (primary N) is 1. The van der Waals surface area contributed by atoms with Gasteiger partial charge in [0.2, 0.25) is 17.7 Å². The molecule has 0 bridgehead atoms. The molecule has 2 unspecified atom stereocenters. The lowest BCUT2D eigenvalue weighted by Gasteiger charge is -2.45. The Labute approximate surface area is 415 Å². The second kappa shape index (κ2) is 17.7. The summed E-state index contributed by atoms with van der Waals surface area (Å²) in [5.74, 6) is -6.57. The Hall–Kier alpha value is -7.82. The fourth-order valence-corrected chi connectivity index (χ4v) is 11.4. The molecule has 3 aliphatic heterocycles. The zero-order valence-corrected chi connectivity index (χ0v) is 40.2. The molecule has 73 heavy (non-hydrogen) atoms. The number of rotatable bonds is 13. The van der Waals surface area contributed by atoms with Crippen LogP contribution < -0.4 is 25.8 Å². The smallest absolute Gasteiger partial charge is 0.355 e. The number of sulfonamides is 1. The number of anilines is 3. The third-order valence-electron chi connectivity index (χ3n) is 14.8. The molecule has 2 aliphatic carbocycles. The van der Waals surface area contributed by atoms with E-state index in [1.165, 1.54) is 42.5 Å². The zero-order chi connectivity index (χ0) is 51.2. The van der Waals surface area contributed by atoms with Crippen LogP contribution in [0.25, 0.3) is 33.3 Å². The maximum absolute atomic E-state index is 14.1. The van der Waals surface area contributed by atoms with E-state index in [0.717, 1.165) is 23.3 Å². The highest BCUT2D eigenvalue weighted by molar-refractivity contribution is 7.93. The molecule has 378 valence electrons. The molecule has 5 N–H and O–H groups in total. The molecule has 3 aromatic heterocycles. The first-order chi connectivity index (χ1) is 34.9. The molecule has 2 saturated carbocycles. The number of carbonyl (C=O) groups excluding carboxylic acids is 5. The minimum Gasteiger partial charge on any atom is -0.484 e. The van der Waals surface area contributed by atoms with Crippen molar-refractivity contribution in [2.24, 2.45) is 13.0 Å². The van der Waals surface area contributed by atoms with Gasteiger partial charge in [-0.25, -0.2) is 17.8 Å². The van der Waals surface area contributed by atoms with Crippen molar-refractivity contribution >= 4 is 67.7 Å². The number of imide groups is 2. The molecule has 1 spiro atoms. The molecule has 3 atom stereocenters. The highest BCUT2D eigenvalue weighted by Crippen LogP contribution is 2.53. The van der Waals surface area contributed by atoms with Crippen molar-refractivity contribution in [3.8, 4) is 28.1 Å². The van der Waals surface area contributed by atoms with E-state index in [9.17, 15) is 45.6 Å². The molecule has 5 aliphatic rings. The third kappa shape index (κ3) is 8.37. The molecule has 5 amide bonds. The summed E-state index contributed by atoms with van der Waals surface area (Å²) >= 11 is 0. The van der Waals surface area contributed by atoms with Crippen LogP contribution in [0.15, 0.2) is 79.3 Å². The van der Waals surface area contributed by atoms with Crippen LogP contribution >= 0.6 is 0 Å². The first kappa shape index (κ1) is 47.5. The minimum absolute atomic E-state index is 0.00710. The third-order valence-corrected chi connectivity index (χ3v) is 15.8. The maximum atomic E-state index is 14.1. The molecule has 0 radical (unpaired) electrons. The first-order valence-corrected chi connectivity index (χ1v) is 25.4. The Morgan fingerprint density at radius 2 is 1.73 bits per heavy atom. The van der Waals surface area contributed by atoms with E-state index in [2.05, 4.69) is 15.6 Å². The van der Waals surface area contributed by atoms with Gasteiger partial charge in [-0.2, -0.15) is 19.0 Å². The molecule has 6 aromatic rings. The lowest BCUT2D eigenvalue weighted by atomic mass is 9.78. The number of hydrogen-bond acceptors (Lipinski definition) is 13. The number of aryl methyl sites for hydroxylation is 1. The van der Waals surface area contributed by atoms with Crippen molar-refractivity contribution in [1.29, 1.82) is 0 Å². The lowest BCUT2D eigenvalue weighted by Crippen LogP contribution is -2.54. The first-order valence-electron chi connectivity index (χ1n) is 23.8. The highest BCUT2D eigenvalue weighted by atomic mass is 32.2. The van der Waals surface area contributed by atoms with Gasteiger partial charge in [-0.1, -0.05) is 24.3 Å². The van der Waals surface area contributed by atoms with E-state index in [1.807, 2.05) is 20.5 Å². The number of piperidine rings is 2. The SMILES string of the molecule is C[C@H](Oc1cc(-c2nn(C)c3c(-c4cnn(C5CCN(C(=O)[C@H]6C[C@H](Nc7cccc8c7C(=O)N(C7CCC(=O)NC7=O)C8=O)C6)C6(CC6)C5)c4)cnc(N)c23)ccc1NS(=O)(=O)C(F)F)c1ccc(F)cc1. The summed E-state index contributed by atoms with van der Waals surface area (Å²) in [4.78, 5) is 73.0. The number of hydrogen-bond donors (Lipinski definition) is 4. The predicted molar refractivity (Wildman–Crippen MR) is 259 cm³/mol. The topological polar surface area (TPSA) is 246 Å². The molecule has 2 saturated heterocycles. The average Bonchev–Trinajstić information content (AvgIpc) is 3.63. The molecule has 4 fully saturated rings. The summed E-state index contributed by atoms with van der Waals surface area (Å²) < 4.78 is 77.0. The quantitative estimate of drug-likeness (QED) is 0.0928. The number of alkyl halides is 2. The monoisotopic (exact) mass is 1020 g/mol. The van der Waals surface area contributed by atoms with Gasteiger partial charge in [-0.3, -0.25) is 48.3 Å². The van der Waals surface area contributed by atoms with Crippen molar-refractivity contribution in [1.82, 2.24) is 39.7 Å². The number of nitrogen functional groups attached to an aromatic ring is 1. The number of nitrogens with zero attached hydrogens (tertiary/aromatic N) is 7. The van der Waals surface area contributed by atoms with Gasteiger partial charge in [-0.15, -0.1) is 0 Å². The molecule has 19 nitrogen and oxygen atoms in total. The summed E-state index contributed by atoms with van der Waals surface area (Å²) in [6.45, 7) is 2.19. The maximum Gasteiger partial charge on any atom is 0.355 e. The number of fused-ring (bicyclic) bond motifs is 2. The van der Waals surface area contributed by atoms with Crippen LogP contribution in [0.1, 0.15) is 96.7 Å². The van der Waals surface area contributed by atoms with Gasteiger partial charge in [0, 0.05) is 72.3 Å². The summed E-state index contributed by atoms with van der Waals surface area (Å²) in [5.41, 5.74) is 10.2. The predicted octanol–water partition coefficient (Wildman–Crippen LogP) is 6.31. The van der Waals surface area contributed by atoms with Crippen LogP contribution in [0.2, 0.25) is 0 Å². The summed E-state index contributed by atoms with van der Waals surface area (Å²) in [7, 11) is -3.36. The standard InChI is InChI=1S/C50H48F3N11O8S/c1-25(26-6-9-30(51)10-7-26)72-38-20-27(8-11-35(38)60-73(70,71)49(52)53)42-41-43(61(2)59-42)34(23-55-44(41)54)29-22-56-63(24-29)32-14-17-62(50(21-32)15-16-50)46(67)28-18-31(19-28)57-36-5-3-4-33-40(36)48(69)64(47(33)68)37-12-13-39(65)58-45(37)66/h3-11,20,22-25,28,31-32,37,49,57,60H,12-19,21H2,1-2H3,(H2,54,55)(H,58,65,66)/t25-,28-,31-,32?,37?/m0/s1. The van der Waals surface area contributed by atoms with Crippen LogP contribution in [0.5, 0.6) is 5.75 Å². The molecule has 3 aromatic carbocycles. The number of likely N-dealkylation sites (tertiary alicyclic amines) is 1. The summed E-state index contributed by atoms with van der Waals surface area (Å²) in [6.07, 6.45) is 8.82. The number of benzene rings is 3. The van der Waals surface area contributed by atoms with Crippen molar-refractivity contribution in [2.45, 2.75) is 93.8 Å². The Kier molecular flexibility index (Phi) is 11.5. The van der Waals surface area contributed by atoms with Gasteiger partial charge in [0.1, 0.15) is 35.2 Å². The van der Waals surface area contributed by atoms with Crippen molar-refractivity contribution in [3.05, 3.63) is 102 Å². The van der Waals surface area contributed by atoms with Crippen LogP contribution in [0.4, 0.5) is 30.4 Å². The molecule has 11 rings (SSSR count). The highest BCUT2D eigenvalue weighted by Gasteiger charge is 2.56. The van der Waals surface area contributed by atoms with E-state index in [0.29, 0.717) is 71.2 Å². The van der Waals surface area contributed by atoms with Gasteiger partial charge in [0.05, 0.1) is 40.0 Å². The van der Waals surface area contributed by atoms with E-state index in [1.54, 1.807) is 49.2 Å². The normalized spacial score (nSPS) is 21.8. The van der Waals surface area contributed by atoms with Gasteiger partial charge in [-0.05, 0) is 93.8 Å². The largest absolute Gasteiger partial charge is 0.484 e. The average molecular weight is 1020 g/mol. The molecular formula is C50H48F3N11O8S. The second-order valence-corrected chi connectivity index (χ2v) is 21.1. The number of ether oxygens (including phenoxy) is 1. The number of amides is 5. The van der Waals surface area contributed by atoms with Crippen LogP contribution in [0, 0.1) is 11.7 Å². The second-order valence-electron chi connectivity index (χ2n) is 19.4. The molecule has 6 heterocycles. The lowest BCUT2D eigenvalue weighted by molar-refractivity contribution is -0.144. The van der Waals surface area contributed by atoms with Gasteiger partial charge >= 0.3 is 5.76 Å². The number of carbonyl (C=O) groups is 5.